The van der Waals surface area contributed by atoms with E-state index >= 15 is 0 Å². The maximum absolute atomic E-state index is 12.5. The molecule has 50 heavy (non-hydrogen) atoms. The van der Waals surface area contributed by atoms with Gasteiger partial charge in [-0.3, -0.25) is 13.8 Å². The Morgan fingerprint density at radius 1 is 0.620 bits per heavy atom. The third kappa shape index (κ3) is 37.2. The van der Waals surface area contributed by atoms with E-state index in [1.807, 2.05) is 6.08 Å². The van der Waals surface area contributed by atoms with E-state index in [0.29, 0.717) is 13.0 Å². The number of carbonyl (C=O) groups excluding carboxylic acids is 1. The minimum atomic E-state index is -4.30. The van der Waals surface area contributed by atoms with E-state index in [2.05, 4.69) is 80.7 Å². The fourth-order valence-electron chi connectivity index (χ4n) is 4.82. The zero-order chi connectivity index (χ0) is 36.6. The number of allylic oxidation sites excluding steroid dienone is 11. The average molecular weight is 722 g/mol. The summed E-state index contributed by atoms with van der Waals surface area (Å²) in [5, 5.41) is 0. The van der Waals surface area contributed by atoms with Gasteiger partial charge in [0.05, 0.1) is 26.4 Å². The van der Waals surface area contributed by atoms with Crippen LogP contribution in [0, 0.1) is 0 Å². The first kappa shape index (κ1) is 47.9. The molecule has 8 nitrogen and oxygen atoms in total. The molecule has 2 unspecified atom stereocenters. The van der Waals surface area contributed by atoms with E-state index in [1.54, 1.807) is 0 Å². The van der Waals surface area contributed by atoms with E-state index in [1.165, 1.54) is 51.4 Å². The van der Waals surface area contributed by atoms with Crippen LogP contribution in [0.3, 0.4) is 0 Å². The summed E-state index contributed by atoms with van der Waals surface area (Å²) in [6, 6.07) is 0. The Bertz CT molecular complexity index is 989. The zero-order valence-corrected chi connectivity index (χ0v) is 32.5. The lowest BCUT2D eigenvalue weighted by atomic mass is 10.1. The lowest BCUT2D eigenvalue weighted by molar-refractivity contribution is -0.154. The number of hydrogen-bond acceptors (Lipinski definition) is 7. The third-order valence-electron chi connectivity index (χ3n) is 7.63. The fourth-order valence-corrected chi connectivity index (χ4v) is 5.58. The van der Waals surface area contributed by atoms with Gasteiger partial charge in [0.25, 0.3) is 0 Å². The van der Waals surface area contributed by atoms with E-state index < -0.39 is 13.9 Å². The summed E-state index contributed by atoms with van der Waals surface area (Å²) in [5.41, 5.74) is 5.35. The molecule has 0 aliphatic heterocycles. The van der Waals surface area contributed by atoms with Crippen molar-refractivity contribution in [2.24, 2.45) is 5.73 Å². The van der Waals surface area contributed by atoms with Gasteiger partial charge in [0.2, 0.25) is 0 Å². The number of esters is 1. The average Bonchev–Trinajstić information content (AvgIpc) is 3.10. The molecule has 0 heterocycles. The standard InChI is InChI=1S/C41H72NO7P/c1-3-5-7-9-11-13-15-17-19-21-23-25-27-29-31-33-36-46-38-40(39-48-50(44,45)47-37-35-42)49-41(43)34-32-30-28-26-24-22-20-18-16-14-12-10-8-6-4-2/h5,7,11,13,17-20,23,25,29,31,40H,3-4,6,8-10,12,14-16,21-22,24,26-28,30,32-39,42H2,1-2H3,(H,44,45)/b7-5-,13-11-,19-17-,20-18-,25-23-,31-29-. The molecule has 0 aliphatic rings. The Morgan fingerprint density at radius 2 is 1.12 bits per heavy atom. The van der Waals surface area contributed by atoms with Gasteiger partial charge < -0.3 is 20.1 Å². The monoisotopic (exact) mass is 722 g/mol. The van der Waals surface area contributed by atoms with E-state index in [9.17, 15) is 14.3 Å². The second kappa shape index (κ2) is 38.2. The van der Waals surface area contributed by atoms with Crippen molar-refractivity contribution in [3.05, 3.63) is 72.9 Å². The van der Waals surface area contributed by atoms with Crippen molar-refractivity contribution in [3.63, 3.8) is 0 Å². The number of rotatable bonds is 36. The van der Waals surface area contributed by atoms with Gasteiger partial charge in [0, 0.05) is 13.0 Å². The first-order valence-corrected chi connectivity index (χ1v) is 20.9. The summed E-state index contributed by atoms with van der Waals surface area (Å²) in [5.74, 6) is -0.367. The summed E-state index contributed by atoms with van der Waals surface area (Å²) >= 11 is 0. The molecule has 0 aromatic heterocycles. The maximum atomic E-state index is 12.5. The molecule has 0 aromatic carbocycles. The molecule has 0 spiro atoms. The normalized spacial score (nSPS) is 14.4. The highest BCUT2D eigenvalue weighted by Gasteiger charge is 2.25. The summed E-state index contributed by atoms with van der Waals surface area (Å²) in [4.78, 5) is 22.4. The highest BCUT2D eigenvalue weighted by Crippen LogP contribution is 2.43. The van der Waals surface area contributed by atoms with Gasteiger partial charge in [-0.25, -0.2) is 4.57 Å². The topological polar surface area (TPSA) is 117 Å². The van der Waals surface area contributed by atoms with Crippen molar-refractivity contribution in [1.29, 1.82) is 0 Å². The number of ether oxygens (including phenoxy) is 2. The van der Waals surface area contributed by atoms with Gasteiger partial charge in [-0.15, -0.1) is 0 Å². The highest BCUT2D eigenvalue weighted by atomic mass is 31.2. The zero-order valence-electron chi connectivity index (χ0n) is 31.6. The summed E-state index contributed by atoms with van der Waals surface area (Å²) in [6.07, 6.45) is 46.5. The molecule has 0 bridgehead atoms. The van der Waals surface area contributed by atoms with Gasteiger partial charge in [-0.2, -0.15) is 0 Å². The molecule has 0 saturated carbocycles. The molecule has 0 rings (SSSR count). The second-order valence-electron chi connectivity index (χ2n) is 12.4. The molecule has 0 radical (unpaired) electrons. The number of nitrogens with two attached hydrogens (primary N) is 1. The minimum absolute atomic E-state index is 0.0553. The smallest absolute Gasteiger partial charge is 0.457 e. The van der Waals surface area contributed by atoms with Gasteiger partial charge in [-0.05, 0) is 70.6 Å². The highest BCUT2D eigenvalue weighted by molar-refractivity contribution is 7.47. The Hall–Kier alpha value is -2.06. The van der Waals surface area contributed by atoms with Crippen LogP contribution in [0.5, 0.6) is 0 Å². The van der Waals surface area contributed by atoms with E-state index in [-0.39, 0.29) is 38.8 Å². The molecule has 0 saturated heterocycles. The van der Waals surface area contributed by atoms with Crippen molar-refractivity contribution in [3.8, 4) is 0 Å². The second-order valence-corrected chi connectivity index (χ2v) is 13.9. The van der Waals surface area contributed by atoms with Gasteiger partial charge in [-0.1, -0.05) is 138 Å². The molecular weight excluding hydrogens is 649 g/mol. The number of hydrogen-bond donors (Lipinski definition) is 2. The lowest BCUT2D eigenvalue weighted by Gasteiger charge is -2.19. The van der Waals surface area contributed by atoms with Crippen LogP contribution in [0.2, 0.25) is 0 Å². The number of phosphoric acid groups is 1. The molecule has 0 aromatic rings. The van der Waals surface area contributed by atoms with Crippen molar-refractivity contribution in [1.82, 2.24) is 0 Å². The largest absolute Gasteiger partial charge is 0.472 e. The SMILES string of the molecule is CC/C=C\C/C=C\C/C=C\C/C=C\C/C=C\CCOCC(COP(=O)(O)OCCN)OC(=O)CCCCCCC/C=C\CCCCCCCC. The van der Waals surface area contributed by atoms with Crippen LogP contribution in [0.1, 0.15) is 142 Å². The number of unbranched alkanes of at least 4 members (excludes halogenated alkanes) is 11. The maximum Gasteiger partial charge on any atom is 0.472 e. The van der Waals surface area contributed by atoms with Crippen LogP contribution in [0.25, 0.3) is 0 Å². The Kier molecular flexibility index (Phi) is 36.6. The van der Waals surface area contributed by atoms with Crippen molar-refractivity contribution in [2.45, 2.75) is 148 Å². The minimum Gasteiger partial charge on any atom is -0.457 e. The first-order valence-electron chi connectivity index (χ1n) is 19.4. The molecule has 2 atom stereocenters. The first-order chi connectivity index (χ1) is 24.4. The van der Waals surface area contributed by atoms with E-state index in [4.69, 9.17) is 24.3 Å². The van der Waals surface area contributed by atoms with Gasteiger partial charge in [0.15, 0.2) is 0 Å². The summed E-state index contributed by atoms with van der Waals surface area (Å²) < 4.78 is 33.2. The van der Waals surface area contributed by atoms with Gasteiger partial charge >= 0.3 is 13.8 Å². The molecule has 288 valence electrons. The Balaban J connectivity index is 4.24. The van der Waals surface area contributed by atoms with Crippen LogP contribution in [0.4, 0.5) is 0 Å². The fraction of sp³-hybridized carbons (Fsp3) is 0.683. The van der Waals surface area contributed by atoms with Crippen molar-refractivity contribution < 1.29 is 32.8 Å². The molecule has 9 heteroatoms. The molecule has 0 aliphatic carbocycles. The number of carbonyl (C=O) groups is 1. The quantitative estimate of drug-likeness (QED) is 0.0284. The third-order valence-corrected chi connectivity index (χ3v) is 8.61. The van der Waals surface area contributed by atoms with Gasteiger partial charge in [0.1, 0.15) is 6.10 Å². The molecule has 0 fully saturated rings. The van der Waals surface area contributed by atoms with E-state index in [0.717, 1.165) is 64.2 Å². The summed E-state index contributed by atoms with van der Waals surface area (Å²) in [7, 11) is -4.30. The lowest BCUT2D eigenvalue weighted by Crippen LogP contribution is -2.28. The van der Waals surface area contributed by atoms with Crippen LogP contribution in [-0.2, 0) is 27.9 Å². The van der Waals surface area contributed by atoms with Crippen LogP contribution >= 0.6 is 7.82 Å². The molecular formula is C41H72NO7P. The van der Waals surface area contributed by atoms with Crippen LogP contribution < -0.4 is 5.73 Å². The molecule has 0 amide bonds. The van der Waals surface area contributed by atoms with Crippen LogP contribution in [-0.4, -0.2) is 49.9 Å². The predicted molar refractivity (Wildman–Crippen MR) is 210 cm³/mol. The summed E-state index contributed by atoms with van der Waals surface area (Å²) in [6.45, 7) is 4.53. The molecule has 3 N–H and O–H groups in total. The van der Waals surface area contributed by atoms with Crippen LogP contribution in [0.15, 0.2) is 72.9 Å². The number of phosphoric ester groups is 1. The van der Waals surface area contributed by atoms with Crippen molar-refractivity contribution in [2.75, 3.05) is 33.0 Å². The predicted octanol–water partition coefficient (Wildman–Crippen LogP) is 11.2. The van der Waals surface area contributed by atoms with Crippen molar-refractivity contribution >= 4 is 13.8 Å². The Morgan fingerprint density at radius 3 is 1.68 bits per heavy atom. The Labute approximate surface area is 305 Å².